The van der Waals surface area contributed by atoms with E-state index in [-0.39, 0.29) is 6.04 Å². The summed E-state index contributed by atoms with van der Waals surface area (Å²) in [4.78, 5) is 0. The average molecular weight is 297 g/mol. The Kier molecular flexibility index (Phi) is 5.43. The maximum atomic E-state index is 12.0. The molecule has 1 aromatic carbocycles. The first kappa shape index (κ1) is 15.3. The summed E-state index contributed by atoms with van der Waals surface area (Å²) < 4.78 is 23.0. The number of rotatable bonds is 6. The highest BCUT2D eigenvalue weighted by Crippen LogP contribution is 2.32. The van der Waals surface area contributed by atoms with Crippen molar-refractivity contribution in [3.8, 4) is 11.5 Å². The third-order valence-electron chi connectivity index (χ3n) is 3.28. The third kappa shape index (κ3) is 4.21. The molecular weight excluding hydrogens is 274 g/mol. The molecule has 0 bridgehead atoms. The van der Waals surface area contributed by atoms with Crippen LogP contribution >= 0.6 is 0 Å². The minimum absolute atomic E-state index is 0.223. The molecule has 0 aliphatic carbocycles. The van der Waals surface area contributed by atoms with Crippen molar-refractivity contribution >= 4 is 10.8 Å². The fourth-order valence-electron chi connectivity index (χ4n) is 2.04. The van der Waals surface area contributed by atoms with Gasteiger partial charge in [-0.25, -0.2) is 0 Å². The molecule has 0 fully saturated rings. The molecule has 0 saturated heterocycles. The SMILES string of the molecule is CC(C)CCS(=O)CC(N)c1ccc2c(c1)OCCO2. The fraction of sp³-hybridized carbons (Fsp3) is 0.600. The molecule has 1 aliphatic heterocycles. The van der Waals surface area contributed by atoms with Crippen molar-refractivity contribution < 1.29 is 13.7 Å². The van der Waals surface area contributed by atoms with Crippen molar-refractivity contribution in [3.63, 3.8) is 0 Å². The summed E-state index contributed by atoms with van der Waals surface area (Å²) in [7, 11) is -0.870. The standard InChI is InChI=1S/C15H23NO3S/c1-11(2)5-8-20(17)10-13(16)12-3-4-14-15(9-12)19-7-6-18-14/h3-4,9,11,13H,5-8,10,16H2,1-2H3. The smallest absolute Gasteiger partial charge is 0.161 e. The Morgan fingerprint density at radius 3 is 2.65 bits per heavy atom. The first-order chi connectivity index (χ1) is 9.56. The van der Waals surface area contributed by atoms with Crippen molar-refractivity contribution in [2.75, 3.05) is 24.7 Å². The number of ether oxygens (including phenoxy) is 2. The number of nitrogens with two attached hydrogens (primary N) is 1. The first-order valence-corrected chi connectivity index (χ1v) is 8.55. The molecule has 2 N–H and O–H groups in total. The van der Waals surface area contributed by atoms with Crippen LogP contribution in [0.1, 0.15) is 31.9 Å². The molecule has 2 atom stereocenters. The number of hydrogen-bond donors (Lipinski definition) is 1. The van der Waals surface area contributed by atoms with E-state index in [2.05, 4.69) is 13.8 Å². The van der Waals surface area contributed by atoms with Crippen LogP contribution in [0.5, 0.6) is 11.5 Å². The summed E-state index contributed by atoms with van der Waals surface area (Å²) in [6.45, 7) is 5.42. The van der Waals surface area contributed by atoms with Gasteiger partial charge in [0.2, 0.25) is 0 Å². The van der Waals surface area contributed by atoms with Gasteiger partial charge in [-0.1, -0.05) is 19.9 Å². The molecule has 5 heteroatoms. The van der Waals surface area contributed by atoms with Gasteiger partial charge in [0.1, 0.15) is 13.2 Å². The molecule has 0 spiro atoms. The van der Waals surface area contributed by atoms with Crippen molar-refractivity contribution in [3.05, 3.63) is 23.8 Å². The van der Waals surface area contributed by atoms with E-state index in [0.717, 1.165) is 29.2 Å². The van der Waals surface area contributed by atoms with Crippen molar-refractivity contribution in [1.29, 1.82) is 0 Å². The molecule has 20 heavy (non-hydrogen) atoms. The van der Waals surface area contributed by atoms with E-state index in [1.807, 2.05) is 18.2 Å². The molecule has 0 amide bonds. The zero-order valence-corrected chi connectivity index (χ0v) is 12.9. The van der Waals surface area contributed by atoms with Crippen LogP contribution in [0.2, 0.25) is 0 Å². The fourth-order valence-corrected chi connectivity index (χ4v) is 3.53. The van der Waals surface area contributed by atoms with E-state index < -0.39 is 10.8 Å². The van der Waals surface area contributed by atoms with E-state index in [9.17, 15) is 4.21 Å². The Hall–Kier alpha value is -1.07. The van der Waals surface area contributed by atoms with Gasteiger partial charge in [-0.2, -0.15) is 0 Å². The van der Waals surface area contributed by atoms with E-state index in [4.69, 9.17) is 15.2 Å². The summed E-state index contributed by atoms with van der Waals surface area (Å²) in [6.07, 6.45) is 0.973. The zero-order valence-electron chi connectivity index (χ0n) is 12.1. The summed E-state index contributed by atoms with van der Waals surface area (Å²) >= 11 is 0. The summed E-state index contributed by atoms with van der Waals surface area (Å²) in [5.41, 5.74) is 7.10. The van der Waals surface area contributed by atoms with Gasteiger partial charge in [-0.05, 0) is 30.0 Å². The maximum Gasteiger partial charge on any atom is 0.161 e. The molecule has 4 nitrogen and oxygen atoms in total. The van der Waals surface area contributed by atoms with Crippen LogP contribution < -0.4 is 15.2 Å². The number of fused-ring (bicyclic) bond motifs is 1. The Morgan fingerprint density at radius 2 is 1.95 bits per heavy atom. The molecule has 2 rings (SSSR count). The topological polar surface area (TPSA) is 61.6 Å². The van der Waals surface area contributed by atoms with E-state index in [0.29, 0.717) is 24.9 Å². The van der Waals surface area contributed by atoms with Crippen molar-refractivity contribution in [2.24, 2.45) is 11.7 Å². The molecule has 112 valence electrons. The highest BCUT2D eigenvalue weighted by molar-refractivity contribution is 7.85. The Balaban J connectivity index is 1.95. The first-order valence-electron chi connectivity index (χ1n) is 7.06. The summed E-state index contributed by atoms with van der Waals surface area (Å²) in [5.74, 6) is 3.28. The van der Waals surface area contributed by atoms with Crippen LogP contribution in [-0.2, 0) is 10.8 Å². The number of hydrogen-bond acceptors (Lipinski definition) is 4. The lowest BCUT2D eigenvalue weighted by molar-refractivity contribution is 0.171. The van der Waals surface area contributed by atoms with Crippen LogP contribution in [0.25, 0.3) is 0 Å². The second kappa shape index (κ2) is 7.09. The van der Waals surface area contributed by atoms with Gasteiger partial charge in [0, 0.05) is 28.3 Å². The van der Waals surface area contributed by atoms with Crippen LogP contribution in [0.15, 0.2) is 18.2 Å². The second-order valence-electron chi connectivity index (χ2n) is 5.50. The number of benzene rings is 1. The molecule has 0 saturated carbocycles. The minimum atomic E-state index is -0.870. The predicted octanol–water partition coefficient (Wildman–Crippen LogP) is 2.25. The van der Waals surface area contributed by atoms with E-state index in [1.54, 1.807) is 0 Å². The summed E-state index contributed by atoms with van der Waals surface area (Å²) in [5, 5.41) is 0. The van der Waals surface area contributed by atoms with Crippen molar-refractivity contribution in [1.82, 2.24) is 0 Å². The third-order valence-corrected chi connectivity index (χ3v) is 4.70. The highest BCUT2D eigenvalue weighted by atomic mass is 32.2. The van der Waals surface area contributed by atoms with Crippen LogP contribution in [-0.4, -0.2) is 28.9 Å². The normalized spacial score (nSPS) is 17.0. The monoisotopic (exact) mass is 297 g/mol. The maximum absolute atomic E-state index is 12.0. The predicted molar refractivity (Wildman–Crippen MR) is 81.7 cm³/mol. The Bertz CT molecular complexity index is 476. The minimum Gasteiger partial charge on any atom is -0.486 e. The largest absolute Gasteiger partial charge is 0.486 e. The van der Waals surface area contributed by atoms with E-state index >= 15 is 0 Å². The lowest BCUT2D eigenvalue weighted by Crippen LogP contribution is -2.21. The van der Waals surface area contributed by atoms with Gasteiger partial charge in [0.25, 0.3) is 0 Å². The molecule has 1 aromatic rings. The highest BCUT2D eigenvalue weighted by Gasteiger charge is 2.16. The van der Waals surface area contributed by atoms with Gasteiger partial charge in [0.15, 0.2) is 11.5 Å². The lowest BCUT2D eigenvalue weighted by Gasteiger charge is -2.20. The van der Waals surface area contributed by atoms with Gasteiger partial charge in [-0.15, -0.1) is 0 Å². The van der Waals surface area contributed by atoms with Gasteiger partial charge >= 0.3 is 0 Å². The van der Waals surface area contributed by atoms with Crippen molar-refractivity contribution in [2.45, 2.75) is 26.3 Å². The lowest BCUT2D eigenvalue weighted by atomic mass is 10.1. The molecule has 2 unspecified atom stereocenters. The van der Waals surface area contributed by atoms with Gasteiger partial charge < -0.3 is 15.2 Å². The summed E-state index contributed by atoms with van der Waals surface area (Å²) in [6, 6.07) is 5.48. The average Bonchev–Trinajstić information content (AvgIpc) is 2.44. The Labute approximate surface area is 123 Å². The van der Waals surface area contributed by atoms with Gasteiger partial charge in [0.05, 0.1) is 0 Å². The zero-order chi connectivity index (χ0) is 14.5. The Morgan fingerprint density at radius 1 is 1.25 bits per heavy atom. The van der Waals surface area contributed by atoms with Crippen LogP contribution in [0, 0.1) is 5.92 Å². The quantitative estimate of drug-likeness (QED) is 0.875. The van der Waals surface area contributed by atoms with E-state index in [1.165, 1.54) is 0 Å². The molecule has 1 heterocycles. The molecular formula is C15H23NO3S. The van der Waals surface area contributed by atoms with Gasteiger partial charge in [-0.3, -0.25) is 4.21 Å². The second-order valence-corrected chi connectivity index (χ2v) is 7.12. The van der Waals surface area contributed by atoms with Crippen LogP contribution in [0.3, 0.4) is 0 Å². The van der Waals surface area contributed by atoms with Crippen LogP contribution in [0.4, 0.5) is 0 Å². The molecule has 0 aromatic heterocycles. The molecule has 0 radical (unpaired) electrons. The molecule has 1 aliphatic rings.